The highest BCUT2D eigenvalue weighted by Crippen LogP contribution is 2.47. The fraction of sp³-hybridized carbons (Fsp3) is 0.632. The number of nitrogens with zero attached hydrogens (tertiary/aromatic N) is 1. The molecule has 3 rings (SSSR count). The minimum absolute atomic E-state index is 0.00906. The maximum absolute atomic E-state index is 11.9. The highest BCUT2D eigenvalue weighted by atomic mass is 16.5. The van der Waals surface area contributed by atoms with Crippen molar-refractivity contribution in [2.24, 2.45) is 17.8 Å². The summed E-state index contributed by atoms with van der Waals surface area (Å²) in [7, 11) is 2.21. The van der Waals surface area contributed by atoms with Crippen LogP contribution in [0.3, 0.4) is 0 Å². The average Bonchev–Trinajstić information content (AvgIpc) is 2.49. The summed E-state index contributed by atoms with van der Waals surface area (Å²) in [5.41, 5.74) is 1.47. The fourth-order valence-electron chi connectivity index (χ4n) is 4.60. The van der Waals surface area contributed by atoms with Gasteiger partial charge >= 0.3 is 5.97 Å². The Bertz CT molecular complexity index is 485. The van der Waals surface area contributed by atoms with E-state index in [0.717, 1.165) is 13.1 Å². The molecule has 0 radical (unpaired) electrons. The molecule has 3 heteroatoms. The zero-order chi connectivity index (χ0) is 15.5. The van der Waals surface area contributed by atoms with Crippen molar-refractivity contribution in [3.63, 3.8) is 0 Å². The van der Waals surface area contributed by atoms with E-state index in [4.69, 9.17) is 4.74 Å². The average molecular weight is 301 g/mol. The van der Waals surface area contributed by atoms with Crippen LogP contribution in [0.1, 0.15) is 37.7 Å². The lowest BCUT2D eigenvalue weighted by molar-refractivity contribution is -0.146. The van der Waals surface area contributed by atoms with Crippen LogP contribution < -0.4 is 0 Å². The van der Waals surface area contributed by atoms with Crippen LogP contribution in [0.5, 0.6) is 0 Å². The topological polar surface area (TPSA) is 29.5 Å². The van der Waals surface area contributed by atoms with Crippen LogP contribution in [0.15, 0.2) is 30.3 Å². The Balaban J connectivity index is 1.72. The second-order valence-electron chi connectivity index (χ2n) is 6.99. The van der Waals surface area contributed by atoms with Crippen molar-refractivity contribution in [2.75, 3.05) is 26.7 Å². The Hall–Kier alpha value is -1.35. The van der Waals surface area contributed by atoms with Crippen LogP contribution >= 0.6 is 0 Å². The lowest BCUT2D eigenvalue weighted by Gasteiger charge is -2.49. The van der Waals surface area contributed by atoms with Crippen molar-refractivity contribution in [3.8, 4) is 0 Å². The molecule has 22 heavy (non-hydrogen) atoms. The van der Waals surface area contributed by atoms with Crippen molar-refractivity contribution in [1.29, 1.82) is 0 Å². The SMILES string of the molecule is CCOC(=O)CC1C2CC(c3ccccc3)CC1CN(C)C2. The molecule has 120 valence electrons. The van der Waals surface area contributed by atoms with Gasteiger partial charge in [-0.15, -0.1) is 0 Å². The summed E-state index contributed by atoms with van der Waals surface area (Å²) in [6.45, 7) is 4.61. The summed E-state index contributed by atoms with van der Waals surface area (Å²) < 4.78 is 5.20. The molecule has 1 aliphatic carbocycles. The summed E-state index contributed by atoms with van der Waals surface area (Å²) in [4.78, 5) is 14.4. The third-order valence-corrected chi connectivity index (χ3v) is 5.46. The number of hydrogen-bond donors (Lipinski definition) is 0. The number of fused-ring (bicyclic) bond motifs is 2. The molecular weight excluding hydrogens is 274 g/mol. The summed E-state index contributed by atoms with van der Waals surface area (Å²) >= 11 is 0. The highest BCUT2D eigenvalue weighted by molar-refractivity contribution is 5.69. The minimum Gasteiger partial charge on any atom is -0.466 e. The molecule has 0 N–H and O–H groups in total. The zero-order valence-electron chi connectivity index (χ0n) is 13.7. The second kappa shape index (κ2) is 6.82. The van der Waals surface area contributed by atoms with E-state index in [0.29, 0.717) is 36.7 Å². The molecule has 2 atom stereocenters. The van der Waals surface area contributed by atoms with Gasteiger partial charge in [0.05, 0.1) is 6.61 Å². The van der Waals surface area contributed by atoms with E-state index < -0.39 is 0 Å². The molecule has 3 nitrogen and oxygen atoms in total. The first-order valence-corrected chi connectivity index (χ1v) is 8.56. The summed E-state index contributed by atoms with van der Waals surface area (Å²) in [5.74, 6) is 2.39. The quantitative estimate of drug-likeness (QED) is 0.799. The smallest absolute Gasteiger partial charge is 0.306 e. The highest BCUT2D eigenvalue weighted by Gasteiger charge is 2.43. The van der Waals surface area contributed by atoms with Gasteiger partial charge in [0.15, 0.2) is 0 Å². The third kappa shape index (κ3) is 3.35. The molecule has 1 saturated heterocycles. The Kier molecular flexibility index (Phi) is 4.82. The predicted octanol–water partition coefficient (Wildman–Crippen LogP) is 3.31. The van der Waals surface area contributed by atoms with E-state index in [-0.39, 0.29) is 5.97 Å². The van der Waals surface area contributed by atoms with Gasteiger partial charge in [-0.3, -0.25) is 4.79 Å². The molecule has 1 aromatic rings. The van der Waals surface area contributed by atoms with Crippen LogP contribution in [-0.4, -0.2) is 37.6 Å². The molecule has 2 fully saturated rings. The van der Waals surface area contributed by atoms with E-state index in [2.05, 4.69) is 42.3 Å². The summed E-state index contributed by atoms with van der Waals surface area (Å²) in [6, 6.07) is 10.9. The van der Waals surface area contributed by atoms with Crippen molar-refractivity contribution in [3.05, 3.63) is 35.9 Å². The van der Waals surface area contributed by atoms with Gasteiger partial charge in [0.2, 0.25) is 0 Å². The normalized spacial score (nSPS) is 31.7. The summed E-state index contributed by atoms with van der Waals surface area (Å²) in [5, 5.41) is 0. The largest absolute Gasteiger partial charge is 0.466 e. The molecule has 1 heterocycles. The van der Waals surface area contributed by atoms with Crippen LogP contribution in [0.4, 0.5) is 0 Å². The van der Waals surface area contributed by atoms with Crippen molar-refractivity contribution in [1.82, 2.24) is 4.90 Å². The van der Waals surface area contributed by atoms with Crippen molar-refractivity contribution in [2.45, 2.75) is 32.1 Å². The van der Waals surface area contributed by atoms with E-state index in [1.807, 2.05) is 6.92 Å². The maximum atomic E-state index is 11.9. The monoisotopic (exact) mass is 301 g/mol. The molecular formula is C19H27NO2. The van der Waals surface area contributed by atoms with Crippen LogP contribution in [0.25, 0.3) is 0 Å². The number of carbonyl (C=O) groups is 1. The molecule has 0 spiro atoms. The standard InChI is InChI=1S/C19H27NO2/c1-3-22-19(21)11-18-16-9-15(14-7-5-4-6-8-14)10-17(18)13-20(2)12-16/h4-8,15-18H,3,9-13H2,1-2H3. The molecule has 2 aliphatic rings. The number of esters is 1. The fourth-order valence-corrected chi connectivity index (χ4v) is 4.60. The molecule has 0 amide bonds. The Morgan fingerprint density at radius 1 is 1.18 bits per heavy atom. The molecule has 2 unspecified atom stereocenters. The van der Waals surface area contributed by atoms with Gasteiger partial charge in [-0.05, 0) is 56.0 Å². The first kappa shape index (κ1) is 15.5. The zero-order valence-corrected chi connectivity index (χ0v) is 13.7. The van der Waals surface area contributed by atoms with Gasteiger partial charge in [0, 0.05) is 19.5 Å². The third-order valence-electron chi connectivity index (χ3n) is 5.46. The second-order valence-corrected chi connectivity index (χ2v) is 6.99. The van der Waals surface area contributed by atoms with Gasteiger partial charge in [0.1, 0.15) is 0 Å². The van der Waals surface area contributed by atoms with E-state index in [9.17, 15) is 4.79 Å². The lowest BCUT2D eigenvalue weighted by Crippen LogP contribution is -2.49. The van der Waals surface area contributed by atoms with Crippen LogP contribution in [0.2, 0.25) is 0 Å². The number of likely N-dealkylation sites (tertiary alicyclic amines) is 1. The minimum atomic E-state index is -0.00906. The van der Waals surface area contributed by atoms with E-state index in [1.54, 1.807) is 0 Å². The van der Waals surface area contributed by atoms with E-state index in [1.165, 1.54) is 18.4 Å². The van der Waals surface area contributed by atoms with Gasteiger partial charge in [-0.2, -0.15) is 0 Å². The molecule has 1 aromatic carbocycles. The number of piperidine rings is 1. The number of hydrogen-bond acceptors (Lipinski definition) is 3. The Morgan fingerprint density at radius 2 is 1.82 bits per heavy atom. The predicted molar refractivity (Wildman–Crippen MR) is 87.6 cm³/mol. The van der Waals surface area contributed by atoms with Gasteiger partial charge in [-0.25, -0.2) is 0 Å². The number of benzene rings is 1. The number of rotatable bonds is 4. The van der Waals surface area contributed by atoms with Crippen molar-refractivity contribution < 1.29 is 9.53 Å². The van der Waals surface area contributed by atoms with Crippen LogP contribution in [0, 0.1) is 17.8 Å². The first-order chi connectivity index (χ1) is 10.7. The van der Waals surface area contributed by atoms with E-state index >= 15 is 0 Å². The summed E-state index contributed by atoms with van der Waals surface area (Å²) in [6.07, 6.45) is 3.02. The molecule has 1 saturated carbocycles. The van der Waals surface area contributed by atoms with Gasteiger partial charge in [-0.1, -0.05) is 30.3 Å². The Labute approximate surface area is 133 Å². The molecule has 0 aromatic heterocycles. The van der Waals surface area contributed by atoms with Crippen molar-refractivity contribution >= 4 is 5.97 Å². The maximum Gasteiger partial charge on any atom is 0.306 e. The number of ether oxygens (including phenoxy) is 1. The molecule has 1 aliphatic heterocycles. The first-order valence-electron chi connectivity index (χ1n) is 8.56. The van der Waals surface area contributed by atoms with Crippen LogP contribution in [-0.2, 0) is 9.53 Å². The number of carbonyl (C=O) groups excluding carboxylic acids is 1. The lowest BCUT2D eigenvalue weighted by atomic mass is 9.63. The molecule has 2 bridgehead atoms. The van der Waals surface area contributed by atoms with Gasteiger partial charge in [0.25, 0.3) is 0 Å². The van der Waals surface area contributed by atoms with Gasteiger partial charge < -0.3 is 9.64 Å². The Morgan fingerprint density at radius 3 is 2.41 bits per heavy atom.